The Labute approximate surface area is 201 Å². The van der Waals surface area contributed by atoms with Crippen LogP contribution in [0.2, 0.25) is 0 Å². The summed E-state index contributed by atoms with van der Waals surface area (Å²) in [6.07, 6.45) is 8.76. The van der Waals surface area contributed by atoms with Crippen LogP contribution in [-0.2, 0) is 0 Å². The van der Waals surface area contributed by atoms with Gasteiger partial charge in [-0.15, -0.1) is 0 Å². The molecule has 1 aliphatic carbocycles. The molecule has 3 aromatic rings. The molecule has 3 aromatic carbocycles. The van der Waals surface area contributed by atoms with Crippen LogP contribution in [0, 0.1) is 29.2 Å². The zero-order valence-electron chi connectivity index (χ0n) is 19.5. The number of halogens is 6. The van der Waals surface area contributed by atoms with Gasteiger partial charge >= 0.3 is 6.61 Å². The summed E-state index contributed by atoms with van der Waals surface area (Å²) in [5.41, 5.74) is 0.431. The summed E-state index contributed by atoms with van der Waals surface area (Å²) in [4.78, 5) is 0. The monoisotopic (exact) mass is 494 g/mol. The number of rotatable bonds is 8. The maximum atomic E-state index is 15.1. The SMILES string of the molecule is CCCCCC1CCC(c2cc(F)c(-c3ccc4c(F)c(OC(F)F)c(F)cc4c3)c(F)c2)CC1. The molecule has 4 rings (SSSR count). The van der Waals surface area contributed by atoms with Gasteiger partial charge in [-0.1, -0.05) is 44.7 Å². The van der Waals surface area contributed by atoms with E-state index >= 15 is 8.78 Å². The molecule has 0 aromatic heterocycles. The van der Waals surface area contributed by atoms with Gasteiger partial charge in [-0.25, -0.2) is 17.6 Å². The molecule has 7 heteroatoms. The summed E-state index contributed by atoms with van der Waals surface area (Å²) in [5.74, 6) is -4.53. The van der Waals surface area contributed by atoms with E-state index in [0.29, 0.717) is 11.5 Å². The molecule has 188 valence electrons. The van der Waals surface area contributed by atoms with Crippen LogP contribution in [0.25, 0.3) is 21.9 Å². The van der Waals surface area contributed by atoms with Crippen LogP contribution < -0.4 is 4.74 Å². The summed E-state index contributed by atoms with van der Waals surface area (Å²) >= 11 is 0. The maximum absolute atomic E-state index is 15.1. The van der Waals surface area contributed by atoms with Crippen molar-refractivity contribution in [2.24, 2.45) is 5.92 Å². The number of unbranched alkanes of at least 4 members (excludes halogenated alkanes) is 2. The Morgan fingerprint density at radius 2 is 1.54 bits per heavy atom. The van der Waals surface area contributed by atoms with E-state index in [9.17, 15) is 17.6 Å². The van der Waals surface area contributed by atoms with Crippen LogP contribution in [-0.4, -0.2) is 6.61 Å². The van der Waals surface area contributed by atoms with Crippen molar-refractivity contribution in [3.8, 4) is 16.9 Å². The smallest absolute Gasteiger partial charge is 0.387 e. The third kappa shape index (κ3) is 5.60. The van der Waals surface area contributed by atoms with Gasteiger partial charge in [-0.3, -0.25) is 0 Å². The van der Waals surface area contributed by atoms with Gasteiger partial charge in [0, 0.05) is 5.39 Å². The highest BCUT2D eigenvalue weighted by atomic mass is 19.3. The van der Waals surface area contributed by atoms with E-state index in [1.165, 1.54) is 56.0 Å². The molecule has 0 aliphatic heterocycles. The van der Waals surface area contributed by atoms with E-state index in [1.54, 1.807) is 0 Å². The molecule has 1 nitrogen and oxygen atoms in total. The van der Waals surface area contributed by atoms with Gasteiger partial charge in [0.05, 0.1) is 5.56 Å². The van der Waals surface area contributed by atoms with Gasteiger partial charge < -0.3 is 4.74 Å². The van der Waals surface area contributed by atoms with E-state index in [0.717, 1.165) is 31.7 Å². The minimum atomic E-state index is -3.39. The van der Waals surface area contributed by atoms with Crippen LogP contribution in [0.3, 0.4) is 0 Å². The first-order chi connectivity index (χ1) is 16.8. The molecule has 0 saturated heterocycles. The first kappa shape index (κ1) is 25.4. The standard InChI is InChI=1S/C28H28F6O/c1-2-3-4-5-16-6-8-17(9-7-16)19-13-22(29)25(23(30)14-19)18-10-11-21-20(12-18)15-24(31)27(26(21)32)35-28(33)34/h10-17,28H,2-9H2,1H3. The highest BCUT2D eigenvalue weighted by Gasteiger charge is 2.25. The van der Waals surface area contributed by atoms with Gasteiger partial charge in [0.1, 0.15) is 11.6 Å². The number of hydrogen-bond acceptors (Lipinski definition) is 1. The number of hydrogen-bond donors (Lipinski definition) is 0. The molecule has 0 unspecified atom stereocenters. The lowest BCUT2D eigenvalue weighted by Gasteiger charge is -2.29. The van der Waals surface area contributed by atoms with Crippen molar-refractivity contribution in [1.82, 2.24) is 0 Å². The Kier molecular flexibility index (Phi) is 7.92. The van der Waals surface area contributed by atoms with Crippen LogP contribution >= 0.6 is 0 Å². The van der Waals surface area contributed by atoms with E-state index in [1.807, 2.05) is 0 Å². The van der Waals surface area contributed by atoms with E-state index in [2.05, 4.69) is 11.7 Å². The van der Waals surface area contributed by atoms with Crippen molar-refractivity contribution in [3.63, 3.8) is 0 Å². The molecule has 0 atom stereocenters. The average Bonchev–Trinajstić information content (AvgIpc) is 2.81. The molecular weight excluding hydrogens is 466 g/mol. The predicted octanol–water partition coefficient (Wildman–Crippen LogP) is 9.52. The Morgan fingerprint density at radius 3 is 2.17 bits per heavy atom. The molecule has 1 saturated carbocycles. The number of ether oxygens (including phenoxy) is 1. The molecule has 1 aliphatic rings. The Balaban J connectivity index is 1.57. The van der Waals surface area contributed by atoms with Crippen LogP contribution in [0.4, 0.5) is 26.3 Å². The van der Waals surface area contributed by atoms with Crippen molar-refractivity contribution in [3.05, 3.63) is 65.2 Å². The minimum Gasteiger partial charge on any atom is -0.429 e. The molecule has 0 amide bonds. The second-order valence-electron chi connectivity index (χ2n) is 9.39. The Hall–Kier alpha value is -2.70. The van der Waals surface area contributed by atoms with Crippen molar-refractivity contribution in [2.45, 2.75) is 70.8 Å². The molecule has 0 heterocycles. The van der Waals surface area contributed by atoms with Crippen molar-refractivity contribution in [2.75, 3.05) is 0 Å². The Morgan fingerprint density at radius 1 is 0.857 bits per heavy atom. The van der Waals surface area contributed by atoms with Gasteiger partial charge in [0.2, 0.25) is 0 Å². The number of alkyl halides is 2. The van der Waals surface area contributed by atoms with Gasteiger partial charge in [0.15, 0.2) is 17.4 Å². The topological polar surface area (TPSA) is 9.23 Å². The number of benzene rings is 3. The lowest BCUT2D eigenvalue weighted by Crippen LogP contribution is -2.14. The summed E-state index contributed by atoms with van der Waals surface area (Å²) in [6, 6.07) is 7.19. The summed E-state index contributed by atoms with van der Waals surface area (Å²) in [6.45, 7) is -1.21. The third-order valence-corrected chi connectivity index (χ3v) is 7.08. The Bertz CT molecular complexity index is 1160. The maximum Gasteiger partial charge on any atom is 0.387 e. The van der Waals surface area contributed by atoms with Crippen molar-refractivity contribution < 1.29 is 31.1 Å². The zero-order chi connectivity index (χ0) is 25.1. The first-order valence-corrected chi connectivity index (χ1v) is 12.1. The molecule has 35 heavy (non-hydrogen) atoms. The van der Waals surface area contributed by atoms with Crippen LogP contribution in [0.5, 0.6) is 5.75 Å². The van der Waals surface area contributed by atoms with Gasteiger partial charge in [0.25, 0.3) is 0 Å². The highest BCUT2D eigenvalue weighted by Crippen LogP contribution is 2.40. The summed E-state index contributed by atoms with van der Waals surface area (Å²) in [5, 5.41) is -0.220. The quantitative estimate of drug-likeness (QED) is 0.224. The van der Waals surface area contributed by atoms with E-state index in [4.69, 9.17) is 0 Å². The third-order valence-electron chi connectivity index (χ3n) is 7.08. The lowest BCUT2D eigenvalue weighted by atomic mass is 9.76. The lowest BCUT2D eigenvalue weighted by molar-refractivity contribution is -0.0544. The molecule has 0 bridgehead atoms. The normalized spacial score (nSPS) is 18.4. The van der Waals surface area contributed by atoms with Crippen molar-refractivity contribution in [1.29, 1.82) is 0 Å². The molecule has 0 N–H and O–H groups in total. The second kappa shape index (κ2) is 10.9. The van der Waals surface area contributed by atoms with Gasteiger partial charge in [-0.05, 0) is 78.3 Å². The molecule has 0 radical (unpaired) electrons. The fourth-order valence-corrected chi connectivity index (χ4v) is 5.24. The first-order valence-electron chi connectivity index (χ1n) is 12.1. The summed E-state index contributed by atoms with van der Waals surface area (Å²) < 4.78 is 87.8. The van der Waals surface area contributed by atoms with Crippen molar-refractivity contribution >= 4 is 10.8 Å². The number of fused-ring (bicyclic) bond motifs is 1. The molecule has 0 spiro atoms. The van der Waals surface area contributed by atoms with Gasteiger partial charge in [-0.2, -0.15) is 8.78 Å². The van der Waals surface area contributed by atoms with Crippen LogP contribution in [0.1, 0.15) is 69.8 Å². The average molecular weight is 495 g/mol. The summed E-state index contributed by atoms with van der Waals surface area (Å²) in [7, 11) is 0. The van der Waals surface area contributed by atoms with E-state index in [-0.39, 0.29) is 27.8 Å². The largest absolute Gasteiger partial charge is 0.429 e. The molecule has 1 fully saturated rings. The highest BCUT2D eigenvalue weighted by molar-refractivity contribution is 5.89. The minimum absolute atomic E-state index is 0.0246. The van der Waals surface area contributed by atoms with Crippen LogP contribution in [0.15, 0.2) is 36.4 Å². The predicted molar refractivity (Wildman–Crippen MR) is 125 cm³/mol. The molecular formula is C28H28F6O. The zero-order valence-corrected chi connectivity index (χ0v) is 19.5. The second-order valence-corrected chi connectivity index (χ2v) is 9.39. The van der Waals surface area contributed by atoms with E-state index < -0.39 is 35.6 Å². The fraction of sp³-hybridized carbons (Fsp3) is 0.429. The fourth-order valence-electron chi connectivity index (χ4n) is 5.24.